The van der Waals surface area contributed by atoms with E-state index in [1.54, 1.807) is 0 Å². The van der Waals surface area contributed by atoms with Crippen molar-refractivity contribution in [2.45, 2.75) is 38.5 Å². The number of halogens is 4. The van der Waals surface area contributed by atoms with Gasteiger partial charge in [-0.05, 0) is 49.2 Å². The summed E-state index contributed by atoms with van der Waals surface area (Å²) in [4.78, 5) is 26.4. The predicted octanol–water partition coefficient (Wildman–Crippen LogP) is 3.55. The fraction of sp³-hybridized carbons (Fsp3) is 0.391. The average molecular weight is 518 g/mol. The summed E-state index contributed by atoms with van der Waals surface area (Å²) in [6, 6.07) is 8.45. The molecule has 1 atom stereocenters. The fourth-order valence-electron chi connectivity index (χ4n) is 3.42. The zero-order chi connectivity index (χ0) is 26.4. The van der Waals surface area contributed by atoms with E-state index in [9.17, 15) is 35.6 Å². The lowest BCUT2D eigenvalue weighted by Crippen LogP contribution is -2.46. The third-order valence-corrected chi connectivity index (χ3v) is 6.49. The van der Waals surface area contributed by atoms with Gasteiger partial charge >= 0.3 is 6.18 Å². The Labute approximate surface area is 201 Å². The first-order chi connectivity index (χ1) is 16.2. The molecule has 2 rings (SSSR count). The van der Waals surface area contributed by atoms with Gasteiger partial charge in [0.2, 0.25) is 21.8 Å². The molecule has 0 fully saturated rings. The Morgan fingerprint density at radius 3 is 2.26 bits per heavy atom. The number of sulfonamides is 1. The second kappa shape index (κ2) is 11.5. The Morgan fingerprint density at radius 1 is 1.09 bits per heavy atom. The van der Waals surface area contributed by atoms with Gasteiger partial charge in [0, 0.05) is 26.6 Å². The van der Waals surface area contributed by atoms with E-state index in [0.717, 1.165) is 28.8 Å². The van der Waals surface area contributed by atoms with Crippen LogP contribution in [0.3, 0.4) is 0 Å². The van der Waals surface area contributed by atoms with Crippen LogP contribution in [0.4, 0.5) is 23.2 Å². The number of carbonyl (C=O) groups excluding carboxylic acids is 2. The number of carbonyl (C=O) groups is 2. The largest absolute Gasteiger partial charge is 0.416 e. The van der Waals surface area contributed by atoms with Gasteiger partial charge in [-0.3, -0.25) is 13.9 Å². The first-order valence-electron chi connectivity index (χ1n) is 10.6. The Bertz CT molecular complexity index is 1140. The normalized spacial score (nSPS) is 12.7. The van der Waals surface area contributed by atoms with E-state index < -0.39 is 45.4 Å². The molecule has 0 aliphatic rings. The van der Waals surface area contributed by atoms with E-state index in [0.29, 0.717) is 5.56 Å². The number of amides is 2. The molecular weight excluding hydrogens is 490 g/mol. The highest BCUT2D eigenvalue weighted by molar-refractivity contribution is 7.92. The molecular formula is C23H27F4N3O4S. The molecule has 2 aromatic rings. The highest BCUT2D eigenvalue weighted by Gasteiger charge is 2.32. The number of hydrogen-bond donors (Lipinski definition) is 1. The first kappa shape index (κ1) is 28.1. The van der Waals surface area contributed by atoms with Crippen molar-refractivity contribution in [3.05, 3.63) is 65.5 Å². The van der Waals surface area contributed by atoms with Gasteiger partial charge in [-0.15, -0.1) is 0 Å². The molecule has 192 valence electrons. The van der Waals surface area contributed by atoms with Crippen LogP contribution in [0.25, 0.3) is 0 Å². The lowest BCUT2D eigenvalue weighted by Gasteiger charge is -2.29. The average Bonchev–Trinajstić information content (AvgIpc) is 2.79. The van der Waals surface area contributed by atoms with Crippen molar-refractivity contribution in [1.29, 1.82) is 0 Å². The summed E-state index contributed by atoms with van der Waals surface area (Å²) >= 11 is 0. The smallest absolute Gasteiger partial charge is 0.357 e. The summed E-state index contributed by atoms with van der Waals surface area (Å²) in [5.41, 5.74) is -0.585. The van der Waals surface area contributed by atoms with Gasteiger partial charge in [0.25, 0.3) is 0 Å². The van der Waals surface area contributed by atoms with E-state index in [1.807, 2.05) is 0 Å². The monoisotopic (exact) mass is 517 g/mol. The molecule has 0 heterocycles. The summed E-state index contributed by atoms with van der Waals surface area (Å²) in [5.74, 6) is -1.36. The van der Waals surface area contributed by atoms with Gasteiger partial charge in [0.1, 0.15) is 11.9 Å². The summed E-state index contributed by atoms with van der Waals surface area (Å²) in [5, 5.41) is 2.46. The maximum absolute atomic E-state index is 13.2. The van der Waals surface area contributed by atoms with Crippen LogP contribution in [0.1, 0.15) is 30.9 Å². The second-order valence-electron chi connectivity index (χ2n) is 7.93. The quantitative estimate of drug-likeness (QED) is 0.489. The lowest BCUT2D eigenvalue weighted by atomic mass is 10.1. The third kappa shape index (κ3) is 7.94. The van der Waals surface area contributed by atoms with E-state index >= 15 is 0 Å². The molecule has 0 aliphatic carbocycles. The van der Waals surface area contributed by atoms with Gasteiger partial charge in [-0.2, -0.15) is 13.2 Å². The highest BCUT2D eigenvalue weighted by atomic mass is 32.2. The van der Waals surface area contributed by atoms with E-state index in [2.05, 4.69) is 5.32 Å². The van der Waals surface area contributed by atoms with Gasteiger partial charge in [0.15, 0.2) is 0 Å². The molecule has 0 unspecified atom stereocenters. The van der Waals surface area contributed by atoms with Crippen molar-refractivity contribution in [3.63, 3.8) is 0 Å². The third-order valence-electron chi connectivity index (χ3n) is 5.29. The molecule has 2 amide bonds. The SMILES string of the molecule is CNC(=O)[C@H](C)N(Cc1ccc(F)cc1)C(=O)CCCN(c1cccc(C(F)(F)F)c1)S(C)(=O)=O. The lowest BCUT2D eigenvalue weighted by molar-refractivity contribution is -0.140. The van der Waals surface area contributed by atoms with Crippen molar-refractivity contribution in [1.82, 2.24) is 10.2 Å². The fourth-order valence-corrected chi connectivity index (χ4v) is 4.38. The van der Waals surface area contributed by atoms with Crippen LogP contribution in [0.15, 0.2) is 48.5 Å². The van der Waals surface area contributed by atoms with Crippen LogP contribution in [0.2, 0.25) is 0 Å². The Morgan fingerprint density at radius 2 is 1.71 bits per heavy atom. The predicted molar refractivity (Wildman–Crippen MR) is 123 cm³/mol. The molecule has 2 aromatic carbocycles. The summed E-state index contributed by atoms with van der Waals surface area (Å²) in [6.45, 7) is 1.29. The molecule has 0 saturated heterocycles. The van der Waals surface area contributed by atoms with Gasteiger partial charge in [0.05, 0.1) is 17.5 Å². The van der Waals surface area contributed by atoms with Crippen LogP contribution in [-0.4, -0.2) is 51.0 Å². The molecule has 0 radical (unpaired) electrons. The summed E-state index contributed by atoms with van der Waals surface area (Å²) in [7, 11) is -2.53. The minimum atomic E-state index is -4.65. The molecule has 0 aliphatic heterocycles. The van der Waals surface area contributed by atoms with E-state index in [1.165, 1.54) is 49.2 Å². The van der Waals surface area contributed by atoms with Crippen molar-refractivity contribution in [3.8, 4) is 0 Å². The van der Waals surface area contributed by atoms with E-state index in [-0.39, 0.29) is 31.6 Å². The number of benzene rings is 2. The minimum Gasteiger partial charge on any atom is -0.357 e. The van der Waals surface area contributed by atoms with Crippen LogP contribution in [0.5, 0.6) is 0 Å². The highest BCUT2D eigenvalue weighted by Crippen LogP contribution is 2.32. The molecule has 0 saturated carbocycles. The van der Waals surface area contributed by atoms with Gasteiger partial charge < -0.3 is 10.2 Å². The Hall–Kier alpha value is -3.15. The Balaban J connectivity index is 2.18. The number of hydrogen-bond acceptors (Lipinski definition) is 4. The molecule has 35 heavy (non-hydrogen) atoms. The zero-order valence-corrected chi connectivity index (χ0v) is 20.3. The zero-order valence-electron chi connectivity index (χ0n) is 19.5. The van der Waals surface area contributed by atoms with Crippen molar-refractivity contribution < 1.29 is 35.6 Å². The molecule has 7 nitrogen and oxygen atoms in total. The molecule has 0 bridgehead atoms. The molecule has 12 heteroatoms. The van der Waals surface area contributed by atoms with Gasteiger partial charge in [-0.25, -0.2) is 12.8 Å². The van der Waals surface area contributed by atoms with Crippen LogP contribution in [0, 0.1) is 5.82 Å². The number of likely N-dealkylation sites (N-methyl/N-ethyl adjacent to an activating group) is 1. The summed E-state index contributed by atoms with van der Waals surface area (Å²) in [6.07, 6.45) is -3.97. The number of nitrogens with one attached hydrogen (secondary N) is 1. The number of anilines is 1. The van der Waals surface area contributed by atoms with Crippen molar-refractivity contribution >= 4 is 27.5 Å². The van der Waals surface area contributed by atoms with Crippen molar-refractivity contribution in [2.75, 3.05) is 24.2 Å². The number of rotatable bonds is 10. The number of nitrogens with zero attached hydrogens (tertiary/aromatic N) is 2. The molecule has 1 N–H and O–H groups in total. The summed E-state index contributed by atoms with van der Waals surface area (Å²) < 4.78 is 77.8. The second-order valence-corrected chi connectivity index (χ2v) is 9.83. The Kier molecular flexibility index (Phi) is 9.24. The molecule has 0 aromatic heterocycles. The topological polar surface area (TPSA) is 86.8 Å². The first-order valence-corrected chi connectivity index (χ1v) is 12.5. The minimum absolute atomic E-state index is 0.0110. The maximum atomic E-state index is 13.2. The van der Waals surface area contributed by atoms with Crippen LogP contribution >= 0.6 is 0 Å². The van der Waals surface area contributed by atoms with E-state index in [4.69, 9.17) is 0 Å². The van der Waals surface area contributed by atoms with Gasteiger partial charge in [-0.1, -0.05) is 18.2 Å². The standard InChI is InChI=1S/C23H27F4N3O4S/c1-16(22(32)28-2)29(15-17-9-11-19(24)12-10-17)21(31)8-5-13-30(35(3,33)34)20-7-4-6-18(14-20)23(25,26)27/h4,6-7,9-12,14,16H,5,8,13,15H2,1-3H3,(H,28,32)/t16-/m0/s1. The molecule has 0 spiro atoms. The van der Waals surface area contributed by atoms with Crippen LogP contribution < -0.4 is 9.62 Å². The van der Waals surface area contributed by atoms with Crippen LogP contribution in [-0.2, 0) is 32.3 Å². The van der Waals surface area contributed by atoms with Crippen molar-refractivity contribution in [2.24, 2.45) is 0 Å². The maximum Gasteiger partial charge on any atom is 0.416 e. The number of alkyl halides is 3.